The number of thiazole rings is 1. The van der Waals surface area contributed by atoms with Crippen molar-refractivity contribution in [3.05, 3.63) is 87.9 Å². The fourth-order valence-corrected chi connectivity index (χ4v) is 5.51. The van der Waals surface area contributed by atoms with E-state index in [1.807, 2.05) is 19.1 Å². The predicted octanol–water partition coefficient (Wildman–Crippen LogP) is 5.98. The van der Waals surface area contributed by atoms with Crippen molar-refractivity contribution in [2.24, 2.45) is 0 Å². The van der Waals surface area contributed by atoms with Gasteiger partial charge in [-0.15, -0.1) is 11.3 Å². The molecule has 162 valence electrons. The topological polar surface area (TPSA) is 45.2 Å². The largest absolute Gasteiger partial charge is 0.372 e. The minimum Gasteiger partial charge on any atom is -0.372 e. The fraction of sp³-hybridized carbons (Fsp3) is 0.259. The average molecular weight is 442 g/mol. The van der Waals surface area contributed by atoms with Gasteiger partial charge in [0.15, 0.2) is 0 Å². The van der Waals surface area contributed by atoms with Gasteiger partial charge in [0.05, 0.1) is 17.1 Å². The second-order valence-corrected chi connectivity index (χ2v) is 9.57. The van der Waals surface area contributed by atoms with E-state index in [2.05, 4.69) is 64.8 Å². The molecule has 0 unspecified atom stereocenters. The average Bonchev–Trinajstić information content (AvgIpc) is 3.45. The summed E-state index contributed by atoms with van der Waals surface area (Å²) in [7, 11) is 0. The molecule has 4 aromatic rings. The van der Waals surface area contributed by atoms with Crippen molar-refractivity contribution in [3.8, 4) is 0 Å². The Bertz CT molecular complexity index is 1230. The third-order valence-electron chi connectivity index (χ3n) is 6.10. The Morgan fingerprint density at radius 1 is 1.00 bits per heavy atom. The van der Waals surface area contributed by atoms with Crippen molar-refractivity contribution < 1.29 is 4.79 Å². The summed E-state index contributed by atoms with van der Waals surface area (Å²) >= 11 is 1.64. The highest BCUT2D eigenvalue weighted by atomic mass is 32.1. The lowest BCUT2D eigenvalue weighted by atomic mass is 10.0. The van der Waals surface area contributed by atoms with Crippen LogP contribution < -0.4 is 10.2 Å². The van der Waals surface area contributed by atoms with Gasteiger partial charge >= 0.3 is 0 Å². The van der Waals surface area contributed by atoms with Gasteiger partial charge in [0, 0.05) is 35.8 Å². The Morgan fingerprint density at radius 2 is 1.75 bits per heavy atom. The van der Waals surface area contributed by atoms with Crippen LogP contribution >= 0.6 is 11.3 Å². The molecule has 0 aliphatic carbocycles. The lowest BCUT2D eigenvalue weighted by Gasteiger charge is -2.17. The maximum atomic E-state index is 12.7. The minimum atomic E-state index is 0.00221. The van der Waals surface area contributed by atoms with Crippen molar-refractivity contribution in [2.45, 2.75) is 32.6 Å². The van der Waals surface area contributed by atoms with Gasteiger partial charge in [-0.2, -0.15) is 0 Å². The number of rotatable bonds is 6. The second kappa shape index (κ2) is 9.13. The lowest BCUT2D eigenvalue weighted by Crippen LogP contribution is -2.18. The molecule has 3 aromatic carbocycles. The summed E-state index contributed by atoms with van der Waals surface area (Å²) in [5.74, 6) is 0.00221. The van der Waals surface area contributed by atoms with E-state index in [9.17, 15) is 4.79 Å². The number of hydrogen-bond donors (Lipinski definition) is 1. The Morgan fingerprint density at radius 3 is 2.56 bits per heavy atom. The Balaban J connectivity index is 1.24. The summed E-state index contributed by atoms with van der Waals surface area (Å²) in [4.78, 5) is 20.9. The number of nitrogens with one attached hydrogen (secondary N) is 1. The van der Waals surface area contributed by atoms with Gasteiger partial charge in [0.1, 0.15) is 0 Å². The van der Waals surface area contributed by atoms with Crippen molar-refractivity contribution in [2.75, 3.05) is 23.3 Å². The molecule has 0 atom stereocenters. The van der Waals surface area contributed by atoms with Crippen molar-refractivity contribution in [1.29, 1.82) is 0 Å². The molecule has 0 bridgehead atoms. The van der Waals surface area contributed by atoms with Crippen molar-refractivity contribution in [1.82, 2.24) is 4.98 Å². The number of fused-ring (bicyclic) bond motifs is 1. The van der Waals surface area contributed by atoms with Crippen LogP contribution in [0.3, 0.4) is 0 Å². The van der Waals surface area contributed by atoms with Gasteiger partial charge in [0.2, 0.25) is 5.91 Å². The Labute approximate surface area is 192 Å². The third-order valence-corrected chi connectivity index (χ3v) is 7.26. The van der Waals surface area contributed by atoms with Crippen LogP contribution in [0.1, 0.15) is 34.0 Å². The molecule has 32 heavy (non-hydrogen) atoms. The van der Waals surface area contributed by atoms with Crippen LogP contribution in [-0.4, -0.2) is 24.0 Å². The quantitative estimate of drug-likeness (QED) is 0.400. The first-order valence-electron chi connectivity index (χ1n) is 11.2. The molecule has 1 saturated heterocycles. The molecule has 1 aromatic heterocycles. The van der Waals surface area contributed by atoms with Crippen LogP contribution in [0, 0.1) is 6.92 Å². The molecule has 1 N–H and O–H groups in total. The smallest absolute Gasteiger partial charge is 0.229 e. The number of carbonyl (C=O) groups is 1. The molecule has 0 saturated carbocycles. The zero-order valence-electron chi connectivity index (χ0n) is 18.3. The summed E-state index contributed by atoms with van der Waals surface area (Å²) in [5.41, 5.74) is 4.30. The van der Waals surface area contributed by atoms with E-state index in [1.54, 1.807) is 11.3 Å². The normalized spacial score (nSPS) is 13.6. The lowest BCUT2D eigenvalue weighted by molar-refractivity contribution is -0.115. The van der Waals surface area contributed by atoms with E-state index in [4.69, 9.17) is 4.98 Å². The van der Waals surface area contributed by atoms with Crippen LogP contribution in [0.4, 0.5) is 11.4 Å². The molecular weight excluding hydrogens is 414 g/mol. The highest BCUT2D eigenvalue weighted by Crippen LogP contribution is 2.26. The molecule has 1 fully saturated rings. The van der Waals surface area contributed by atoms with Crippen molar-refractivity contribution >= 4 is 39.4 Å². The molecule has 5 rings (SSSR count). The molecule has 4 nitrogen and oxygen atoms in total. The summed E-state index contributed by atoms with van der Waals surface area (Å²) < 4.78 is 0. The standard InChI is InChI=1S/C27H27N3OS/c1-19-25(18-26(31)29-22-11-13-23(14-12-22)30-15-4-5-16-30)32-27(28-19)17-21-9-6-8-20-7-2-3-10-24(20)21/h2-3,6-14H,4-5,15-18H2,1H3,(H,29,31). The zero-order valence-corrected chi connectivity index (χ0v) is 19.1. The van der Waals surface area contributed by atoms with Crippen LogP contribution in [0.25, 0.3) is 10.8 Å². The molecule has 1 aliphatic rings. The summed E-state index contributed by atoms with van der Waals surface area (Å²) in [6.45, 7) is 4.24. The maximum absolute atomic E-state index is 12.7. The molecule has 1 aliphatic heterocycles. The molecule has 5 heteroatoms. The monoisotopic (exact) mass is 441 g/mol. The Kier molecular flexibility index (Phi) is 5.91. The first kappa shape index (κ1) is 20.7. The number of nitrogens with zero attached hydrogens (tertiary/aromatic N) is 2. The number of amides is 1. The minimum absolute atomic E-state index is 0.00221. The number of aromatic nitrogens is 1. The second-order valence-electron chi connectivity index (χ2n) is 8.40. The van der Waals surface area contributed by atoms with Gasteiger partial charge < -0.3 is 10.2 Å². The van der Waals surface area contributed by atoms with E-state index in [0.29, 0.717) is 6.42 Å². The first-order valence-corrected chi connectivity index (χ1v) is 12.0. The summed E-state index contributed by atoms with van der Waals surface area (Å²) in [6, 6.07) is 23.0. The number of aryl methyl sites for hydroxylation is 1. The SMILES string of the molecule is Cc1nc(Cc2cccc3ccccc23)sc1CC(=O)Nc1ccc(N2CCCC2)cc1. The maximum Gasteiger partial charge on any atom is 0.229 e. The van der Waals surface area contributed by atoms with Crippen LogP contribution in [-0.2, 0) is 17.6 Å². The van der Waals surface area contributed by atoms with Gasteiger partial charge in [-0.25, -0.2) is 4.98 Å². The van der Waals surface area contributed by atoms with Gasteiger partial charge in [-0.05, 0) is 60.4 Å². The summed E-state index contributed by atoms with van der Waals surface area (Å²) in [5, 5.41) is 6.60. The van der Waals surface area contributed by atoms with Crippen LogP contribution in [0.2, 0.25) is 0 Å². The third kappa shape index (κ3) is 4.53. The van der Waals surface area contributed by atoms with Crippen LogP contribution in [0.15, 0.2) is 66.7 Å². The molecule has 0 radical (unpaired) electrons. The van der Waals surface area contributed by atoms with Gasteiger partial charge in [-0.3, -0.25) is 4.79 Å². The van der Waals surface area contributed by atoms with Crippen molar-refractivity contribution in [3.63, 3.8) is 0 Å². The number of hydrogen-bond acceptors (Lipinski definition) is 4. The Hall–Kier alpha value is -3.18. The number of anilines is 2. The number of carbonyl (C=O) groups excluding carboxylic acids is 1. The molecular formula is C27H27N3OS. The zero-order chi connectivity index (χ0) is 21.9. The van der Waals surface area contributed by atoms with E-state index in [1.165, 1.54) is 34.9 Å². The molecule has 1 amide bonds. The highest BCUT2D eigenvalue weighted by molar-refractivity contribution is 7.11. The first-order chi connectivity index (χ1) is 15.7. The van der Waals surface area contributed by atoms with E-state index >= 15 is 0 Å². The van der Waals surface area contributed by atoms with E-state index in [-0.39, 0.29) is 5.91 Å². The molecule has 0 spiro atoms. The van der Waals surface area contributed by atoms with Gasteiger partial charge in [0.25, 0.3) is 0 Å². The summed E-state index contributed by atoms with van der Waals surface area (Å²) in [6.07, 6.45) is 3.66. The molecule has 2 heterocycles. The van der Waals surface area contributed by atoms with E-state index in [0.717, 1.165) is 40.8 Å². The highest BCUT2D eigenvalue weighted by Gasteiger charge is 2.15. The van der Waals surface area contributed by atoms with Gasteiger partial charge in [-0.1, -0.05) is 42.5 Å². The van der Waals surface area contributed by atoms with E-state index < -0.39 is 0 Å². The van der Waals surface area contributed by atoms with Crippen LogP contribution in [0.5, 0.6) is 0 Å². The number of benzene rings is 3. The predicted molar refractivity (Wildman–Crippen MR) is 134 cm³/mol. The fourth-order valence-electron chi connectivity index (χ4n) is 4.42.